The minimum Gasteiger partial charge on any atom is -0.392 e. The second kappa shape index (κ2) is 5.93. The van der Waals surface area contributed by atoms with E-state index in [-0.39, 0.29) is 17.4 Å². The fourth-order valence-corrected chi connectivity index (χ4v) is 3.13. The number of aliphatic hydroxyl groups is 1. The molecule has 23 heavy (non-hydrogen) atoms. The summed E-state index contributed by atoms with van der Waals surface area (Å²) in [5, 5.41) is 9.97. The number of aromatic nitrogens is 4. The summed E-state index contributed by atoms with van der Waals surface area (Å²) in [6.45, 7) is 5.01. The summed E-state index contributed by atoms with van der Waals surface area (Å²) < 4.78 is 4.29. The van der Waals surface area contributed by atoms with Gasteiger partial charge in [-0.1, -0.05) is 6.92 Å². The number of aliphatic hydroxyl groups excluding tert-OH is 1. The Labute approximate surface area is 133 Å². The highest BCUT2D eigenvalue weighted by Gasteiger charge is 2.24. The van der Waals surface area contributed by atoms with Crippen LogP contribution in [-0.2, 0) is 20.6 Å². The zero-order chi connectivity index (χ0) is 16.7. The van der Waals surface area contributed by atoms with Crippen molar-refractivity contribution in [1.29, 1.82) is 0 Å². The van der Waals surface area contributed by atoms with Gasteiger partial charge in [-0.15, -0.1) is 0 Å². The molecule has 0 aliphatic carbocycles. The second-order valence-electron chi connectivity index (χ2n) is 6.45. The van der Waals surface area contributed by atoms with Crippen LogP contribution in [0.3, 0.4) is 0 Å². The lowest BCUT2D eigenvalue weighted by Gasteiger charge is -2.34. The molecule has 0 aromatic carbocycles. The highest BCUT2D eigenvalue weighted by atomic mass is 16.3. The van der Waals surface area contributed by atoms with Crippen molar-refractivity contribution in [3.05, 3.63) is 27.2 Å². The predicted octanol–water partition coefficient (Wildman–Crippen LogP) is -0.864. The highest BCUT2D eigenvalue weighted by Crippen LogP contribution is 2.17. The number of β-amino-alcohol motifs (C(OH)–C–C–N with tert-alkyl or cyclic N) is 1. The molecule has 1 fully saturated rings. The van der Waals surface area contributed by atoms with Crippen LogP contribution >= 0.6 is 0 Å². The fraction of sp³-hybridized carbons (Fsp3) is 0.667. The summed E-state index contributed by atoms with van der Waals surface area (Å²) in [4.78, 5) is 30.7. The Hall–Kier alpha value is -1.93. The fourth-order valence-electron chi connectivity index (χ4n) is 3.13. The first-order valence-corrected chi connectivity index (χ1v) is 7.91. The topological polar surface area (TPSA) is 85.3 Å². The molecular formula is C15H23N5O3. The maximum atomic E-state index is 12.4. The number of rotatable bonds is 3. The van der Waals surface area contributed by atoms with E-state index in [0.29, 0.717) is 30.2 Å². The zero-order valence-corrected chi connectivity index (χ0v) is 13.8. The minimum atomic E-state index is -0.374. The number of aryl methyl sites for hydroxylation is 1. The van der Waals surface area contributed by atoms with Crippen molar-refractivity contribution in [1.82, 2.24) is 23.6 Å². The minimum absolute atomic E-state index is 0.294. The van der Waals surface area contributed by atoms with Crippen molar-refractivity contribution in [2.75, 3.05) is 19.6 Å². The summed E-state index contributed by atoms with van der Waals surface area (Å²) in [6, 6.07) is 0. The van der Waals surface area contributed by atoms with Crippen molar-refractivity contribution >= 4 is 11.2 Å². The van der Waals surface area contributed by atoms with Gasteiger partial charge in [0, 0.05) is 33.7 Å². The first-order valence-electron chi connectivity index (χ1n) is 7.91. The van der Waals surface area contributed by atoms with E-state index in [0.717, 1.165) is 24.1 Å². The smallest absolute Gasteiger partial charge is 0.332 e. The van der Waals surface area contributed by atoms with E-state index >= 15 is 0 Å². The molecule has 8 heteroatoms. The number of nitrogens with zero attached hydrogens (tertiary/aromatic N) is 5. The third kappa shape index (κ3) is 2.72. The zero-order valence-electron chi connectivity index (χ0n) is 13.8. The van der Waals surface area contributed by atoms with Crippen molar-refractivity contribution in [2.45, 2.75) is 26.0 Å². The van der Waals surface area contributed by atoms with Crippen LogP contribution in [0, 0.1) is 5.92 Å². The number of likely N-dealkylation sites (tertiary alicyclic amines) is 1. The van der Waals surface area contributed by atoms with Gasteiger partial charge in [0.25, 0.3) is 5.56 Å². The second-order valence-corrected chi connectivity index (χ2v) is 6.45. The van der Waals surface area contributed by atoms with Crippen LogP contribution in [0.2, 0.25) is 0 Å². The lowest BCUT2D eigenvalue weighted by atomic mass is 9.96. The van der Waals surface area contributed by atoms with Gasteiger partial charge >= 0.3 is 5.69 Å². The average Bonchev–Trinajstić information content (AvgIpc) is 2.96. The molecule has 3 heterocycles. The van der Waals surface area contributed by atoms with Crippen LogP contribution in [0.25, 0.3) is 11.2 Å². The molecular weight excluding hydrogens is 298 g/mol. The summed E-state index contributed by atoms with van der Waals surface area (Å²) >= 11 is 0. The van der Waals surface area contributed by atoms with Gasteiger partial charge in [-0.05, 0) is 18.9 Å². The first kappa shape index (κ1) is 15.9. The Morgan fingerprint density at radius 1 is 1.26 bits per heavy atom. The molecule has 0 saturated carbocycles. The normalized spacial score (nSPS) is 22.8. The Kier molecular flexibility index (Phi) is 4.11. The molecule has 0 bridgehead atoms. The lowest BCUT2D eigenvalue weighted by Crippen LogP contribution is -2.44. The van der Waals surface area contributed by atoms with Crippen molar-refractivity contribution in [3.63, 3.8) is 0 Å². The van der Waals surface area contributed by atoms with Crippen molar-refractivity contribution in [2.24, 2.45) is 20.0 Å². The van der Waals surface area contributed by atoms with Crippen LogP contribution in [0.15, 0.2) is 15.9 Å². The Bertz CT molecular complexity index is 834. The number of piperidine rings is 1. The van der Waals surface area contributed by atoms with Gasteiger partial charge in [-0.25, -0.2) is 9.78 Å². The maximum absolute atomic E-state index is 12.4. The predicted molar refractivity (Wildman–Crippen MR) is 86.4 cm³/mol. The third-order valence-electron chi connectivity index (χ3n) is 4.88. The number of hydrogen-bond acceptors (Lipinski definition) is 5. The monoisotopic (exact) mass is 321 g/mol. The molecule has 126 valence electrons. The van der Waals surface area contributed by atoms with E-state index in [4.69, 9.17) is 0 Å². The Balaban J connectivity index is 1.85. The molecule has 2 aromatic heterocycles. The van der Waals surface area contributed by atoms with Crippen LogP contribution in [0.5, 0.6) is 0 Å². The van der Waals surface area contributed by atoms with E-state index in [9.17, 15) is 14.7 Å². The lowest BCUT2D eigenvalue weighted by molar-refractivity contribution is 0.0281. The van der Waals surface area contributed by atoms with Gasteiger partial charge in [-0.3, -0.25) is 18.8 Å². The summed E-state index contributed by atoms with van der Waals surface area (Å²) in [6.07, 6.45) is 2.29. The molecule has 1 aliphatic rings. The van der Waals surface area contributed by atoms with Crippen LogP contribution in [0.4, 0.5) is 0 Å². The van der Waals surface area contributed by atoms with Gasteiger partial charge in [0.2, 0.25) is 0 Å². The van der Waals surface area contributed by atoms with Gasteiger partial charge < -0.3 is 9.67 Å². The number of fused-ring (bicyclic) bond motifs is 1. The molecule has 1 saturated heterocycles. The van der Waals surface area contributed by atoms with Gasteiger partial charge in [0.05, 0.1) is 12.4 Å². The largest absolute Gasteiger partial charge is 0.392 e. The summed E-state index contributed by atoms with van der Waals surface area (Å²) in [7, 11) is 3.09. The SMILES string of the molecule is CC1CCN(CCn2cnc3c2c(=O)n(C)c(=O)n3C)CC1O. The molecule has 2 aromatic rings. The van der Waals surface area contributed by atoms with Gasteiger partial charge in [0.1, 0.15) is 0 Å². The van der Waals surface area contributed by atoms with Gasteiger partial charge in [-0.2, -0.15) is 0 Å². The molecule has 0 amide bonds. The number of imidazole rings is 1. The van der Waals surface area contributed by atoms with Crippen LogP contribution in [-0.4, -0.2) is 54.4 Å². The number of hydrogen-bond donors (Lipinski definition) is 1. The molecule has 3 rings (SSSR count). The van der Waals surface area contributed by atoms with Crippen LogP contribution < -0.4 is 11.2 Å². The molecule has 1 aliphatic heterocycles. The quantitative estimate of drug-likeness (QED) is 0.795. The average molecular weight is 321 g/mol. The first-order chi connectivity index (χ1) is 10.9. The molecule has 0 spiro atoms. The van der Waals surface area contributed by atoms with E-state index < -0.39 is 0 Å². The van der Waals surface area contributed by atoms with E-state index in [1.54, 1.807) is 17.9 Å². The van der Waals surface area contributed by atoms with E-state index in [1.165, 1.54) is 11.6 Å². The molecule has 2 atom stereocenters. The Morgan fingerprint density at radius 3 is 2.70 bits per heavy atom. The third-order valence-corrected chi connectivity index (χ3v) is 4.88. The standard InChI is InChI=1S/C15H23N5O3/c1-10-4-5-19(8-11(10)21)6-7-20-9-16-13-12(20)14(22)18(3)15(23)17(13)2/h9-11,21H,4-8H2,1-3H3. The van der Waals surface area contributed by atoms with Gasteiger partial charge in [0.15, 0.2) is 11.2 Å². The molecule has 0 radical (unpaired) electrons. The summed E-state index contributed by atoms with van der Waals surface area (Å²) in [5.74, 6) is 0.335. The molecule has 8 nitrogen and oxygen atoms in total. The van der Waals surface area contributed by atoms with Crippen LogP contribution in [0.1, 0.15) is 13.3 Å². The molecule has 1 N–H and O–H groups in total. The maximum Gasteiger partial charge on any atom is 0.332 e. The van der Waals surface area contributed by atoms with Crippen molar-refractivity contribution < 1.29 is 5.11 Å². The van der Waals surface area contributed by atoms with Crippen molar-refractivity contribution in [3.8, 4) is 0 Å². The summed E-state index contributed by atoms with van der Waals surface area (Å²) in [5.41, 5.74) is 0.153. The Morgan fingerprint density at radius 2 is 2.00 bits per heavy atom. The highest BCUT2D eigenvalue weighted by molar-refractivity contribution is 5.69. The van der Waals surface area contributed by atoms with E-state index in [2.05, 4.69) is 16.8 Å². The van der Waals surface area contributed by atoms with E-state index in [1.807, 2.05) is 0 Å². The molecule has 2 unspecified atom stereocenters.